The first-order valence-corrected chi connectivity index (χ1v) is 9.49. The van der Waals surface area contributed by atoms with E-state index >= 15 is 0 Å². The van der Waals surface area contributed by atoms with Crippen LogP contribution in [0.4, 0.5) is 0 Å². The molecule has 1 atom stereocenters. The Bertz CT molecular complexity index is 751. The Kier molecular flexibility index (Phi) is 8.27. The maximum atomic E-state index is 12.2. The van der Waals surface area contributed by atoms with Gasteiger partial charge in [-0.15, -0.1) is 0 Å². The Morgan fingerprint density at radius 2 is 1.81 bits per heavy atom. The number of benzene rings is 2. The summed E-state index contributed by atoms with van der Waals surface area (Å²) in [4.78, 5) is 12.2. The molecule has 0 heterocycles. The molecule has 0 aromatic heterocycles. The van der Waals surface area contributed by atoms with Gasteiger partial charge < -0.3 is 19.5 Å². The molecule has 0 aliphatic heterocycles. The lowest BCUT2D eigenvalue weighted by Gasteiger charge is -2.15. The topological polar surface area (TPSA) is 56.8 Å². The lowest BCUT2D eigenvalue weighted by atomic mass is 10.1. The lowest BCUT2D eigenvalue weighted by molar-refractivity contribution is -0.127. The zero-order valence-electron chi connectivity index (χ0n) is 16.0. The van der Waals surface area contributed by atoms with Gasteiger partial charge >= 0.3 is 0 Å². The highest BCUT2D eigenvalue weighted by atomic mass is 35.5. The van der Waals surface area contributed by atoms with E-state index in [1.165, 1.54) is 0 Å². The van der Waals surface area contributed by atoms with E-state index in [-0.39, 0.29) is 5.91 Å². The van der Waals surface area contributed by atoms with Crippen molar-refractivity contribution in [1.29, 1.82) is 0 Å². The predicted molar refractivity (Wildman–Crippen MR) is 107 cm³/mol. The molecule has 5 nitrogen and oxygen atoms in total. The van der Waals surface area contributed by atoms with Crippen molar-refractivity contribution in [2.75, 3.05) is 19.8 Å². The van der Waals surface area contributed by atoms with Crippen molar-refractivity contribution in [2.24, 2.45) is 0 Å². The average molecular weight is 392 g/mol. The van der Waals surface area contributed by atoms with Gasteiger partial charge in [-0.3, -0.25) is 4.79 Å². The van der Waals surface area contributed by atoms with Crippen molar-refractivity contribution in [3.63, 3.8) is 0 Å². The van der Waals surface area contributed by atoms with Crippen molar-refractivity contribution >= 4 is 17.5 Å². The predicted octanol–water partition coefficient (Wildman–Crippen LogP) is 4.26. The number of carbonyl (C=O) groups excluding carboxylic acids is 1. The van der Waals surface area contributed by atoms with E-state index in [0.717, 1.165) is 17.1 Å². The van der Waals surface area contributed by atoms with Gasteiger partial charge in [0, 0.05) is 11.6 Å². The van der Waals surface area contributed by atoms with Gasteiger partial charge in [0.25, 0.3) is 5.91 Å². The van der Waals surface area contributed by atoms with E-state index in [2.05, 4.69) is 5.32 Å². The van der Waals surface area contributed by atoms with Crippen molar-refractivity contribution in [3.05, 3.63) is 53.1 Å². The molecule has 2 aromatic rings. The quantitative estimate of drug-likeness (QED) is 0.657. The highest BCUT2D eigenvalue weighted by Crippen LogP contribution is 2.28. The number of halogens is 1. The smallest absolute Gasteiger partial charge is 0.260 e. The molecule has 0 radical (unpaired) electrons. The monoisotopic (exact) mass is 391 g/mol. The molecular weight excluding hydrogens is 366 g/mol. The first-order valence-electron chi connectivity index (χ1n) is 9.12. The fourth-order valence-electron chi connectivity index (χ4n) is 2.52. The standard InChI is InChI=1S/C21H26ClNO4/c1-4-25-19-10-9-16(13-20(19)26-5-2)11-12-23-21(24)15(3)27-18-8-6-7-17(22)14-18/h6-10,13-15H,4-5,11-12H2,1-3H3,(H,23,24). The molecule has 0 saturated heterocycles. The van der Waals surface area contributed by atoms with Gasteiger partial charge in [-0.2, -0.15) is 0 Å². The minimum atomic E-state index is -0.609. The summed E-state index contributed by atoms with van der Waals surface area (Å²) in [5, 5.41) is 3.46. The number of hydrogen-bond acceptors (Lipinski definition) is 4. The van der Waals surface area contributed by atoms with E-state index in [0.29, 0.717) is 37.0 Å². The minimum absolute atomic E-state index is 0.175. The van der Waals surface area contributed by atoms with Crippen molar-refractivity contribution in [2.45, 2.75) is 33.3 Å². The number of ether oxygens (including phenoxy) is 3. The Morgan fingerprint density at radius 1 is 1.07 bits per heavy atom. The largest absolute Gasteiger partial charge is 0.490 e. The van der Waals surface area contributed by atoms with Crippen LogP contribution in [0, 0.1) is 0 Å². The third-order valence-corrected chi connectivity index (χ3v) is 4.03. The van der Waals surface area contributed by atoms with Crippen LogP contribution in [0.2, 0.25) is 5.02 Å². The SMILES string of the molecule is CCOc1ccc(CCNC(=O)C(C)Oc2cccc(Cl)c2)cc1OCC. The first kappa shape index (κ1) is 20.9. The molecule has 2 rings (SSSR count). The minimum Gasteiger partial charge on any atom is -0.490 e. The fourth-order valence-corrected chi connectivity index (χ4v) is 2.70. The van der Waals surface area contributed by atoms with Crippen molar-refractivity contribution in [3.8, 4) is 17.2 Å². The van der Waals surface area contributed by atoms with E-state index < -0.39 is 6.10 Å². The number of hydrogen-bond donors (Lipinski definition) is 1. The fraction of sp³-hybridized carbons (Fsp3) is 0.381. The van der Waals surface area contributed by atoms with Crippen LogP contribution in [0.15, 0.2) is 42.5 Å². The maximum Gasteiger partial charge on any atom is 0.260 e. The summed E-state index contributed by atoms with van der Waals surface area (Å²) in [6.07, 6.45) is 0.0741. The zero-order valence-corrected chi connectivity index (χ0v) is 16.7. The maximum absolute atomic E-state index is 12.2. The number of amides is 1. The van der Waals surface area contributed by atoms with Crippen LogP contribution in [-0.4, -0.2) is 31.8 Å². The van der Waals surface area contributed by atoms with Gasteiger partial charge in [-0.05, 0) is 63.1 Å². The highest BCUT2D eigenvalue weighted by Gasteiger charge is 2.14. The third kappa shape index (κ3) is 6.68. The second-order valence-corrected chi connectivity index (χ2v) is 6.34. The molecule has 1 amide bonds. The summed E-state index contributed by atoms with van der Waals surface area (Å²) < 4.78 is 16.8. The first-order chi connectivity index (χ1) is 13.0. The van der Waals surface area contributed by atoms with E-state index in [9.17, 15) is 4.79 Å². The number of rotatable bonds is 10. The van der Waals surface area contributed by atoms with Gasteiger partial charge in [0.15, 0.2) is 17.6 Å². The molecule has 1 N–H and O–H groups in total. The molecule has 0 aliphatic carbocycles. The molecule has 0 aliphatic rings. The average Bonchev–Trinajstić information content (AvgIpc) is 2.64. The molecule has 27 heavy (non-hydrogen) atoms. The molecule has 0 spiro atoms. The van der Waals surface area contributed by atoms with Gasteiger partial charge in [0.05, 0.1) is 13.2 Å². The summed E-state index contributed by atoms with van der Waals surface area (Å²) in [6.45, 7) is 7.23. The summed E-state index contributed by atoms with van der Waals surface area (Å²) >= 11 is 5.93. The molecule has 146 valence electrons. The lowest BCUT2D eigenvalue weighted by Crippen LogP contribution is -2.37. The summed E-state index contributed by atoms with van der Waals surface area (Å²) in [7, 11) is 0. The molecule has 2 aromatic carbocycles. The molecule has 1 unspecified atom stereocenters. The van der Waals surface area contributed by atoms with E-state index in [4.69, 9.17) is 25.8 Å². The Morgan fingerprint density at radius 3 is 2.52 bits per heavy atom. The third-order valence-electron chi connectivity index (χ3n) is 3.80. The Hall–Kier alpha value is -2.40. The molecule has 0 fully saturated rings. The van der Waals surface area contributed by atoms with Crippen LogP contribution < -0.4 is 19.5 Å². The van der Waals surface area contributed by atoms with Crippen LogP contribution in [0.25, 0.3) is 0 Å². The zero-order chi connectivity index (χ0) is 19.6. The Balaban J connectivity index is 1.85. The molecular formula is C21H26ClNO4. The summed E-state index contributed by atoms with van der Waals surface area (Å²) in [5.41, 5.74) is 1.06. The molecule has 0 bridgehead atoms. The number of nitrogens with one attached hydrogen (secondary N) is 1. The molecule has 0 saturated carbocycles. The van der Waals surface area contributed by atoms with Crippen LogP contribution in [0.5, 0.6) is 17.2 Å². The van der Waals surface area contributed by atoms with Crippen LogP contribution in [-0.2, 0) is 11.2 Å². The molecule has 6 heteroatoms. The van der Waals surface area contributed by atoms with Crippen molar-refractivity contribution < 1.29 is 19.0 Å². The second-order valence-electron chi connectivity index (χ2n) is 5.91. The second kappa shape index (κ2) is 10.7. The van der Waals surface area contributed by atoms with Gasteiger partial charge in [-0.1, -0.05) is 23.7 Å². The summed E-state index contributed by atoms with van der Waals surface area (Å²) in [6, 6.07) is 12.8. The van der Waals surface area contributed by atoms with Crippen LogP contribution in [0.1, 0.15) is 26.3 Å². The highest BCUT2D eigenvalue weighted by molar-refractivity contribution is 6.30. The van der Waals surface area contributed by atoms with Gasteiger partial charge in [0.2, 0.25) is 0 Å². The van der Waals surface area contributed by atoms with Crippen molar-refractivity contribution in [1.82, 2.24) is 5.32 Å². The Labute approximate surface area is 165 Å². The normalized spacial score (nSPS) is 11.6. The number of carbonyl (C=O) groups is 1. The van der Waals surface area contributed by atoms with E-state index in [1.807, 2.05) is 32.0 Å². The van der Waals surface area contributed by atoms with Crippen LogP contribution >= 0.6 is 11.6 Å². The van der Waals surface area contributed by atoms with Gasteiger partial charge in [-0.25, -0.2) is 0 Å². The van der Waals surface area contributed by atoms with E-state index in [1.54, 1.807) is 31.2 Å². The summed E-state index contributed by atoms with van der Waals surface area (Å²) in [5.74, 6) is 1.85. The van der Waals surface area contributed by atoms with Gasteiger partial charge in [0.1, 0.15) is 5.75 Å². The van der Waals surface area contributed by atoms with Crippen LogP contribution in [0.3, 0.4) is 0 Å².